The number of nitrogens with one attached hydrogen (secondary N) is 2. The predicted octanol–water partition coefficient (Wildman–Crippen LogP) is 2.87. The zero-order chi connectivity index (χ0) is 22.1. The molecule has 1 aromatic heterocycles. The van der Waals surface area contributed by atoms with E-state index in [1.165, 1.54) is 0 Å². The summed E-state index contributed by atoms with van der Waals surface area (Å²) in [5.41, 5.74) is 0.579. The van der Waals surface area contributed by atoms with Crippen molar-refractivity contribution in [2.24, 2.45) is 17.8 Å². The van der Waals surface area contributed by atoms with Crippen LogP contribution in [0.4, 0.5) is 11.8 Å². The van der Waals surface area contributed by atoms with E-state index in [0.717, 1.165) is 19.5 Å². The highest BCUT2D eigenvalue weighted by molar-refractivity contribution is 5.98. The van der Waals surface area contributed by atoms with Crippen molar-refractivity contribution in [3.63, 3.8) is 0 Å². The minimum Gasteiger partial charge on any atom is -0.494 e. The molecule has 0 radical (unpaired) electrons. The van der Waals surface area contributed by atoms with Gasteiger partial charge in [-0.15, -0.1) is 0 Å². The minimum atomic E-state index is -1.06. The van der Waals surface area contributed by atoms with Gasteiger partial charge in [-0.1, -0.05) is 32.0 Å². The Morgan fingerprint density at radius 2 is 1.94 bits per heavy atom. The van der Waals surface area contributed by atoms with Crippen LogP contribution in [0, 0.1) is 29.1 Å². The Morgan fingerprint density at radius 3 is 2.61 bits per heavy atom. The van der Waals surface area contributed by atoms with E-state index >= 15 is 0 Å². The van der Waals surface area contributed by atoms with Crippen molar-refractivity contribution in [2.75, 3.05) is 29.9 Å². The number of carbonyl (C=O) groups is 1. The lowest BCUT2D eigenvalue weighted by molar-refractivity contribution is -0.119. The Kier molecular flexibility index (Phi) is 5.68. The molecule has 162 valence electrons. The van der Waals surface area contributed by atoms with Crippen LogP contribution in [0.3, 0.4) is 0 Å². The molecule has 0 spiro atoms. The summed E-state index contributed by atoms with van der Waals surface area (Å²) in [5.74, 6) is -0.0956. The van der Waals surface area contributed by atoms with E-state index in [9.17, 15) is 14.9 Å². The van der Waals surface area contributed by atoms with Crippen LogP contribution in [0.15, 0.2) is 29.1 Å². The van der Waals surface area contributed by atoms with Gasteiger partial charge >= 0.3 is 0 Å². The van der Waals surface area contributed by atoms with Crippen molar-refractivity contribution in [1.29, 1.82) is 5.26 Å². The van der Waals surface area contributed by atoms with Gasteiger partial charge in [0.1, 0.15) is 17.5 Å². The molecule has 2 aliphatic heterocycles. The number of nitriles is 1. The molecule has 1 fully saturated rings. The smallest absolute Gasteiger partial charge is 0.258 e. The third-order valence-corrected chi connectivity index (χ3v) is 5.97. The fourth-order valence-electron chi connectivity index (χ4n) is 4.85. The molecular weight excluding hydrogens is 394 g/mol. The summed E-state index contributed by atoms with van der Waals surface area (Å²) < 4.78 is 5.73. The first kappa shape index (κ1) is 20.9. The van der Waals surface area contributed by atoms with Crippen molar-refractivity contribution >= 4 is 17.7 Å². The van der Waals surface area contributed by atoms with E-state index in [4.69, 9.17) is 4.74 Å². The third kappa shape index (κ3) is 3.88. The van der Waals surface area contributed by atoms with Gasteiger partial charge in [-0.2, -0.15) is 10.2 Å². The van der Waals surface area contributed by atoms with E-state index in [2.05, 4.69) is 40.1 Å². The summed E-state index contributed by atoms with van der Waals surface area (Å²) in [6, 6.07) is 9.28. The lowest BCUT2D eigenvalue weighted by Gasteiger charge is -2.36. The van der Waals surface area contributed by atoms with Gasteiger partial charge in [0.05, 0.1) is 18.2 Å². The Bertz CT molecular complexity index is 1080. The number of H-pyrrole nitrogens is 1. The second kappa shape index (κ2) is 8.42. The molecule has 1 aromatic carbocycles. The molecule has 4 atom stereocenters. The Hall–Kier alpha value is -3.34. The van der Waals surface area contributed by atoms with Crippen LogP contribution in [-0.4, -0.2) is 35.6 Å². The molecule has 3 heterocycles. The van der Waals surface area contributed by atoms with Crippen molar-refractivity contribution in [3.05, 3.63) is 45.7 Å². The Balaban J connectivity index is 1.84. The highest BCUT2D eigenvalue weighted by Crippen LogP contribution is 2.41. The van der Waals surface area contributed by atoms with Crippen molar-refractivity contribution in [1.82, 2.24) is 9.97 Å². The lowest BCUT2D eigenvalue weighted by atomic mass is 9.79. The van der Waals surface area contributed by atoms with E-state index in [-0.39, 0.29) is 11.4 Å². The number of aromatic amines is 1. The number of hydrogen-bond donors (Lipinski definition) is 2. The maximum Gasteiger partial charge on any atom is 0.258 e. The van der Waals surface area contributed by atoms with Crippen molar-refractivity contribution in [2.45, 2.75) is 33.1 Å². The maximum absolute atomic E-state index is 13.3. The predicted molar refractivity (Wildman–Crippen MR) is 117 cm³/mol. The SMILES string of the molecule is CCOc1ccccc1C1c2c(nc(N3CC(C)CC(C)C3)[nH]c2=O)NC(=O)C1C#N. The van der Waals surface area contributed by atoms with E-state index < -0.39 is 17.7 Å². The molecule has 31 heavy (non-hydrogen) atoms. The Labute approximate surface area is 181 Å². The first-order chi connectivity index (χ1) is 14.9. The molecule has 4 rings (SSSR count). The first-order valence-electron chi connectivity index (χ1n) is 10.7. The highest BCUT2D eigenvalue weighted by atomic mass is 16.5. The van der Waals surface area contributed by atoms with Gasteiger partial charge in [0, 0.05) is 24.6 Å². The average Bonchev–Trinajstić information content (AvgIpc) is 2.72. The summed E-state index contributed by atoms with van der Waals surface area (Å²) in [6.45, 7) is 8.23. The van der Waals surface area contributed by atoms with Crippen LogP contribution < -0.4 is 20.5 Å². The molecular formula is C23H27N5O3. The number of carbonyl (C=O) groups excluding carboxylic acids is 1. The summed E-state index contributed by atoms with van der Waals surface area (Å²) in [5, 5.41) is 12.4. The van der Waals surface area contributed by atoms with Crippen LogP contribution in [0.5, 0.6) is 5.75 Å². The summed E-state index contributed by atoms with van der Waals surface area (Å²) in [4.78, 5) is 35.7. The van der Waals surface area contributed by atoms with E-state index in [1.807, 2.05) is 19.1 Å². The molecule has 2 N–H and O–H groups in total. The number of piperidine rings is 1. The van der Waals surface area contributed by atoms with Gasteiger partial charge in [0.15, 0.2) is 0 Å². The topological polar surface area (TPSA) is 111 Å². The van der Waals surface area contributed by atoms with Crippen molar-refractivity contribution < 1.29 is 9.53 Å². The number of fused-ring (bicyclic) bond motifs is 1. The van der Waals surface area contributed by atoms with Crippen molar-refractivity contribution in [3.8, 4) is 11.8 Å². The number of para-hydroxylation sites is 1. The van der Waals surface area contributed by atoms with Gasteiger partial charge < -0.3 is 15.0 Å². The third-order valence-electron chi connectivity index (χ3n) is 5.97. The van der Waals surface area contributed by atoms with Crippen LogP contribution >= 0.6 is 0 Å². The standard InChI is InChI=1S/C23H27N5O3/c1-4-31-17-8-6-5-7-15(17)18-16(10-24)21(29)25-20-19(18)22(30)27-23(26-20)28-11-13(2)9-14(3)12-28/h5-8,13-14,16,18H,4,9,11-12H2,1-3H3,(H2,25,26,27,29,30). The lowest BCUT2D eigenvalue weighted by Crippen LogP contribution is -2.43. The quantitative estimate of drug-likeness (QED) is 0.785. The van der Waals surface area contributed by atoms with E-state index in [0.29, 0.717) is 41.3 Å². The zero-order valence-electron chi connectivity index (χ0n) is 18.0. The first-order valence-corrected chi connectivity index (χ1v) is 10.7. The van der Waals surface area contributed by atoms with Gasteiger partial charge in [-0.05, 0) is 31.2 Å². The van der Waals surface area contributed by atoms with E-state index in [1.54, 1.807) is 12.1 Å². The minimum absolute atomic E-state index is 0.220. The zero-order valence-corrected chi connectivity index (χ0v) is 18.0. The molecule has 1 amide bonds. The normalized spacial score (nSPS) is 25.4. The molecule has 4 unspecified atom stereocenters. The molecule has 0 saturated carbocycles. The number of benzene rings is 1. The number of hydrogen-bond acceptors (Lipinski definition) is 6. The number of nitrogens with zero attached hydrogens (tertiary/aromatic N) is 3. The van der Waals surface area contributed by atoms with Crippen LogP contribution in [0.2, 0.25) is 0 Å². The maximum atomic E-state index is 13.3. The number of ether oxygens (including phenoxy) is 1. The molecule has 0 aliphatic carbocycles. The second-order valence-corrected chi connectivity index (χ2v) is 8.55. The van der Waals surface area contributed by atoms with Gasteiger partial charge in [0.25, 0.3) is 5.56 Å². The van der Waals surface area contributed by atoms with Gasteiger partial charge in [0.2, 0.25) is 11.9 Å². The molecule has 8 nitrogen and oxygen atoms in total. The fraction of sp³-hybridized carbons (Fsp3) is 0.478. The number of amides is 1. The van der Waals surface area contributed by atoms with Gasteiger partial charge in [-0.3, -0.25) is 14.6 Å². The molecule has 8 heteroatoms. The monoisotopic (exact) mass is 421 g/mol. The highest BCUT2D eigenvalue weighted by Gasteiger charge is 2.41. The largest absolute Gasteiger partial charge is 0.494 e. The Morgan fingerprint density at radius 1 is 1.23 bits per heavy atom. The molecule has 1 saturated heterocycles. The average molecular weight is 422 g/mol. The number of rotatable bonds is 4. The summed E-state index contributed by atoms with van der Waals surface area (Å²) in [7, 11) is 0. The fourth-order valence-corrected chi connectivity index (χ4v) is 4.85. The van der Waals surface area contributed by atoms with Gasteiger partial charge in [-0.25, -0.2) is 0 Å². The number of anilines is 2. The second-order valence-electron chi connectivity index (χ2n) is 8.55. The molecule has 2 aromatic rings. The van der Waals surface area contributed by atoms with Crippen LogP contribution in [0.1, 0.15) is 44.2 Å². The molecule has 2 aliphatic rings. The molecule has 0 bridgehead atoms. The summed E-state index contributed by atoms with van der Waals surface area (Å²) >= 11 is 0. The summed E-state index contributed by atoms with van der Waals surface area (Å²) in [6.07, 6.45) is 1.13. The number of aromatic nitrogens is 2. The van der Waals surface area contributed by atoms with Crippen LogP contribution in [-0.2, 0) is 4.79 Å². The van der Waals surface area contributed by atoms with Crippen LogP contribution in [0.25, 0.3) is 0 Å².